The largest absolute Gasteiger partial charge is 0.379 e. The molecule has 0 saturated carbocycles. The Morgan fingerprint density at radius 3 is 2.26 bits per heavy atom. The van der Waals surface area contributed by atoms with E-state index in [1.54, 1.807) is 12.1 Å². The molecule has 1 aromatic rings. The van der Waals surface area contributed by atoms with Crippen molar-refractivity contribution >= 4 is 10.0 Å². The van der Waals surface area contributed by atoms with E-state index >= 15 is 0 Å². The third-order valence-corrected chi connectivity index (χ3v) is 6.73. The van der Waals surface area contributed by atoms with Crippen LogP contribution >= 0.6 is 0 Å². The van der Waals surface area contributed by atoms with E-state index < -0.39 is 10.0 Å². The predicted octanol–water partition coefficient (Wildman–Crippen LogP) is 1.94. The molecule has 2 saturated heterocycles. The predicted molar refractivity (Wildman–Crippen MR) is 89.7 cm³/mol. The average Bonchev–Trinajstić information content (AvgIpc) is 2.58. The first-order valence-corrected chi connectivity index (χ1v) is 9.89. The van der Waals surface area contributed by atoms with Gasteiger partial charge in [-0.2, -0.15) is 4.31 Å². The standard InChI is InChI=1S/C17H26N2O3S/c1-15-6-8-18(9-7-15)14-16-2-4-17(5-3-16)23(20,21)19-10-12-22-13-11-19/h2-5,15H,6-14H2,1H3. The van der Waals surface area contributed by atoms with Crippen LogP contribution in [0.5, 0.6) is 0 Å². The lowest BCUT2D eigenvalue weighted by Crippen LogP contribution is -2.40. The lowest BCUT2D eigenvalue weighted by atomic mass is 9.99. The highest BCUT2D eigenvalue weighted by Gasteiger charge is 2.26. The highest BCUT2D eigenvalue weighted by atomic mass is 32.2. The van der Waals surface area contributed by atoms with Crippen LogP contribution < -0.4 is 0 Å². The van der Waals surface area contributed by atoms with E-state index in [0.29, 0.717) is 31.2 Å². The highest BCUT2D eigenvalue weighted by Crippen LogP contribution is 2.20. The van der Waals surface area contributed by atoms with Crippen LogP contribution in [0.25, 0.3) is 0 Å². The topological polar surface area (TPSA) is 49.9 Å². The fraction of sp³-hybridized carbons (Fsp3) is 0.647. The quantitative estimate of drug-likeness (QED) is 0.842. The molecular weight excluding hydrogens is 312 g/mol. The van der Waals surface area contributed by atoms with Crippen molar-refractivity contribution in [2.75, 3.05) is 39.4 Å². The Morgan fingerprint density at radius 1 is 1.04 bits per heavy atom. The molecule has 0 amide bonds. The van der Waals surface area contributed by atoms with E-state index in [4.69, 9.17) is 4.74 Å². The molecule has 0 aromatic heterocycles. The SMILES string of the molecule is CC1CCN(Cc2ccc(S(=O)(=O)N3CCOCC3)cc2)CC1. The molecule has 0 bridgehead atoms. The molecule has 128 valence electrons. The lowest BCUT2D eigenvalue weighted by molar-refractivity contribution is 0.0730. The molecule has 0 aliphatic carbocycles. The maximum Gasteiger partial charge on any atom is 0.243 e. The maximum absolute atomic E-state index is 12.6. The van der Waals surface area contributed by atoms with E-state index in [2.05, 4.69) is 11.8 Å². The van der Waals surface area contributed by atoms with Crippen LogP contribution in [0.1, 0.15) is 25.3 Å². The second kappa shape index (κ2) is 7.30. The number of hydrogen-bond acceptors (Lipinski definition) is 4. The van der Waals surface area contributed by atoms with Crippen molar-refractivity contribution in [2.45, 2.75) is 31.2 Å². The van der Waals surface area contributed by atoms with Crippen LogP contribution in [0, 0.1) is 5.92 Å². The molecule has 6 heteroatoms. The van der Waals surface area contributed by atoms with Gasteiger partial charge in [-0.25, -0.2) is 8.42 Å². The Hall–Kier alpha value is -0.950. The van der Waals surface area contributed by atoms with Crippen LogP contribution in [0.2, 0.25) is 0 Å². The summed E-state index contributed by atoms with van der Waals surface area (Å²) in [6.07, 6.45) is 2.51. The molecule has 0 spiro atoms. The highest BCUT2D eigenvalue weighted by molar-refractivity contribution is 7.89. The summed E-state index contributed by atoms with van der Waals surface area (Å²) in [5.41, 5.74) is 1.18. The van der Waals surface area contributed by atoms with Gasteiger partial charge in [0.2, 0.25) is 10.0 Å². The Labute approximate surface area is 139 Å². The number of benzene rings is 1. The minimum atomic E-state index is -3.38. The maximum atomic E-state index is 12.6. The normalized spacial score (nSPS) is 22.3. The van der Waals surface area contributed by atoms with Crippen molar-refractivity contribution in [3.8, 4) is 0 Å². The number of hydrogen-bond donors (Lipinski definition) is 0. The molecule has 0 atom stereocenters. The summed E-state index contributed by atoms with van der Waals surface area (Å²) < 4.78 is 31.9. The van der Waals surface area contributed by atoms with Gasteiger partial charge < -0.3 is 4.74 Å². The first kappa shape index (κ1) is 16.9. The van der Waals surface area contributed by atoms with Gasteiger partial charge >= 0.3 is 0 Å². The molecular formula is C17H26N2O3S. The van der Waals surface area contributed by atoms with Crippen LogP contribution in [0.3, 0.4) is 0 Å². The van der Waals surface area contributed by atoms with E-state index in [-0.39, 0.29) is 0 Å². The molecule has 0 radical (unpaired) electrons. The molecule has 3 rings (SSSR count). The van der Waals surface area contributed by atoms with Crippen molar-refractivity contribution in [2.24, 2.45) is 5.92 Å². The van der Waals surface area contributed by atoms with Gasteiger partial charge in [0.05, 0.1) is 18.1 Å². The molecule has 2 heterocycles. The fourth-order valence-corrected chi connectivity index (χ4v) is 4.59. The summed E-state index contributed by atoms with van der Waals surface area (Å²) in [5.74, 6) is 0.826. The Morgan fingerprint density at radius 2 is 1.65 bits per heavy atom. The summed E-state index contributed by atoms with van der Waals surface area (Å²) in [5, 5.41) is 0. The van der Waals surface area contributed by atoms with Gasteiger partial charge in [0, 0.05) is 19.6 Å². The Kier molecular flexibility index (Phi) is 5.36. The van der Waals surface area contributed by atoms with Crippen LogP contribution in [-0.2, 0) is 21.3 Å². The summed E-state index contributed by atoms with van der Waals surface area (Å²) in [6, 6.07) is 7.39. The molecule has 5 nitrogen and oxygen atoms in total. The van der Waals surface area contributed by atoms with Gasteiger partial charge in [-0.3, -0.25) is 4.90 Å². The van der Waals surface area contributed by atoms with Gasteiger partial charge in [0.15, 0.2) is 0 Å². The first-order valence-electron chi connectivity index (χ1n) is 8.45. The van der Waals surface area contributed by atoms with Crippen molar-refractivity contribution in [1.82, 2.24) is 9.21 Å². The van der Waals surface area contributed by atoms with Crippen LogP contribution in [0.15, 0.2) is 29.2 Å². The number of morpholine rings is 1. The summed E-state index contributed by atoms with van der Waals surface area (Å²) in [4.78, 5) is 2.83. The molecule has 0 unspecified atom stereocenters. The molecule has 1 aromatic carbocycles. The zero-order valence-corrected chi connectivity index (χ0v) is 14.6. The van der Waals surface area contributed by atoms with E-state index in [0.717, 1.165) is 25.6 Å². The molecule has 0 N–H and O–H groups in total. The first-order chi connectivity index (χ1) is 11.1. The monoisotopic (exact) mass is 338 g/mol. The van der Waals surface area contributed by atoms with E-state index in [1.165, 1.54) is 22.7 Å². The van der Waals surface area contributed by atoms with Crippen molar-refractivity contribution < 1.29 is 13.2 Å². The third-order valence-electron chi connectivity index (χ3n) is 4.81. The van der Waals surface area contributed by atoms with Crippen molar-refractivity contribution in [3.63, 3.8) is 0 Å². The second-order valence-corrected chi connectivity index (χ2v) is 8.56. The summed E-state index contributed by atoms with van der Waals surface area (Å²) in [7, 11) is -3.38. The second-order valence-electron chi connectivity index (χ2n) is 6.62. The molecule has 2 aliphatic heterocycles. The smallest absolute Gasteiger partial charge is 0.243 e. The third kappa shape index (κ3) is 4.12. The number of ether oxygens (including phenoxy) is 1. The van der Waals surface area contributed by atoms with Crippen LogP contribution in [-0.4, -0.2) is 57.0 Å². The molecule has 2 aliphatic rings. The van der Waals surface area contributed by atoms with Crippen molar-refractivity contribution in [3.05, 3.63) is 29.8 Å². The van der Waals surface area contributed by atoms with Gasteiger partial charge in [0.1, 0.15) is 0 Å². The van der Waals surface area contributed by atoms with Gasteiger partial charge in [-0.1, -0.05) is 19.1 Å². The Bertz CT molecular complexity index is 601. The molecule has 2 fully saturated rings. The molecule has 23 heavy (non-hydrogen) atoms. The van der Waals surface area contributed by atoms with Gasteiger partial charge in [0.25, 0.3) is 0 Å². The fourth-order valence-electron chi connectivity index (χ4n) is 3.18. The lowest BCUT2D eigenvalue weighted by Gasteiger charge is -2.30. The minimum absolute atomic E-state index is 0.385. The number of sulfonamides is 1. The zero-order chi connectivity index (χ0) is 16.3. The Balaban J connectivity index is 1.64. The average molecular weight is 338 g/mol. The van der Waals surface area contributed by atoms with Gasteiger partial charge in [-0.15, -0.1) is 0 Å². The number of piperidine rings is 1. The summed E-state index contributed by atoms with van der Waals surface area (Å²) in [6.45, 7) is 7.32. The number of nitrogens with zero attached hydrogens (tertiary/aromatic N) is 2. The van der Waals surface area contributed by atoms with Crippen molar-refractivity contribution in [1.29, 1.82) is 0 Å². The van der Waals surface area contributed by atoms with E-state index in [9.17, 15) is 8.42 Å². The number of rotatable bonds is 4. The minimum Gasteiger partial charge on any atom is -0.379 e. The zero-order valence-electron chi connectivity index (χ0n) is 13.8. The summed E-state index contributed by atoms with van der Waals surface area (Å²) >= 11 is 0. The van der Waals surface area contributed by atoms with E-state index in [1.807, 2.05) is 12.1 Å². The van der Waals surface area contributed by atoms with Gasteiger partial charge in [-0.05, 0) is 49.5 Å². The number of likely N-dealkylation sites (tertiary alicyclic amines) is 1. The van der Waals surface area contributed by atoms with Crippen LogP contribution in [0.4, 0.5) is 0 Å².